The molecule has 1 unspecified atom stereocenters. The molecule has 1 aliphatic carbocycles. The second-order valence-electron chi connectivity index (χ2n) is 9.79. The molecule has 5 rings (SSSR count). The number of ether oxygens (including phenoxy) is 1. The van der Waals surface area contributed by atoms with Crippen LogP contribution in [0.15, 0.2) is 83.4 Å². The number of aliphatic hydroxyl groups excluding tert-OH is 1. The SMILES string of the molecule is CCOC(=O)C1(c2ccc(-c3ccc(-c4onc(C)c4C(O)C(=O)N(CC)c4ccccc4)cc3)cc2)CC1. The van der Waals surface area contributed by atoms with Crippen LogP contribution in [0.1, 0.15) is 49.6 Å². The smallest absolute Gasteiger partial charge is 0.316 e. The third kappa shape index (κ3) is 4.98. The fourth-order valence-electron chi connectivity index (χ4n) is 5.05. The molecule has 0 aliphatic heterocycles. The van der Waals surface area contributed by atoms with Crippen molar-refractivity contribution in [1.82, 2.24) is 5.16 Å². The van der Waals surface area contributed by atoms with E-state index in [1.165, 1.54) is 0 Å². The second-order valence-corrected chi connectivity index (χ2v) is 9.79. The summed E-state index contributed by atoms with van der Waals surface area (Å²) in [5.41, 5.74) is 4.73. The van der Waals surface area contributed by atoms with E-state index in [1.807, 2.05) is 92.7 Å². The van der Waals surface area contributed by atoms with Crippen molar-refractivity contribution in [3.05, 3.63) is 95.7 Å². The lowest BCUT2D eigenvalue weighted by atomic mass is 9.93. The van der Waals surface area contributed by atoms with Gasteiger partial charge in [-0.2, -0.15) is 0 Å². The molecule has 1 heterocycles. The number of esters is 1. The Morgan fingerprint density at radius 3 is 2.10 bits per heavy atom. The lowest BCUT2D eigenvalue weighted by Crippen LogP contribution is -2.35. The lowest BCUT2D eigenvalue weighted by molar-refractivity contribution is -0.146. The average Bonchev–Trinajstić information content (AvgIpc) is 3.70. The van der Waals surface area contributed by atoms with Crippen LogP contribution in [0.3, 0.4) is 0 Å². The lowest BCUT2D eigenvalue weighted by Gasteiger charge is -2.24. The molecule has 200 valence electrons. The van der Waals surface area contributed by atoms with Crippen LogP contribution in [0.25, 0.3) is 22.5 Å². The largest absolute Gasteiger partial charge is 0.465 e. The summed E-state index contributed by atoms with van der Waals surface area (Å²) in [5, 5.41) is 15.2. The van der Waals surface area contributed by atoms with E-state index >= 15 is 0 Å². The zero-order valence-electron chi connectivity index (χ0n) is 22.4. The number of anilines is 1. The van der Waals surface area contributed by atoms with Crippen molar-refractivity contribution in [1.29, 1.82) is 0 Å². The van der Waals surface area contributed by atoms with Gasteiger partial charge in [-0.1, -0.05) is 71.9 Å². The minimum absolute atomic E-state index is 0.147. The van der Waals surface area contributed by atoms with Crippen LogP contribution in [-0.4, -0.2) is 35.3 Å². The van der Waals surface area contributed by atoms with Gasteiger partial charge in [0.2, 0.25) is 0 Å². The standard InChI is InChI=1S/C32H32N2O5/c1-4-34(26-9-7-6-8-10-26)30(36)28(35)27-21(3)33-39-29(27)24-13-11-22(12-14-24)23-15-17-25(18-16-23)32(19-20-32)31(37)38-5-2/h6-18,28,35H,4-5,19-20H2,1-3H3. The van der Waals surface area contributed by atoms with Crippen LogP contribution in [0.5, 0.6) is 0 Å². The molecule has 0 spiro atoms. The van der Waals surface area contributed by atoms with Gasteiger partial charge in [0.1, 0.15) is 0 Å². The third-order valence-corrected chi connectivity index (χ3v) is 7.40. The van der Waals surface area contributed by atoms with Crippen LogP contribution in [0.2, 0.25) is 0 Å². The van der Waals surface area contributed by atoms with Gasteiger partial charge in [-0.05, 0) is 62.4 Å². The number of para-hydroxylation sites is 1. The summed E-state index contributed by atoms with van der Waals surface area (Å²) in [6.45, 7) is 6.20. The number of aryl methyl sites for hydroxylation is 1. The zero-order chi connectivity index (χ0) is 27.6. The number of nitrogens with zero attached hydrogens (tertiary/aromatic N) is 2. The molecular weight excluding hydrogens is 492 g/mol. The number of carbonyl (C=O) groups excluding carboxylic acids is 2. The molecule has 1 fully saturated rings. The average molecular weight is 525 g/mol. The summed E-state index contributed by atoms with van der Waals surface area (Å²) < 4.78 is 10.9. The molecule has 1 atom stereocenters. The van der Waals surface area contributed by atoms with Crippen LogP contribution in [-0.2, 0) is 19.7 Å². The number of carbonyl (C=O) groups is 2. The van der Waals surface area contributed by atoms with Gasteiger partial charge in [-0.3, -0.25) is 9.59 Å². The van der Waals surface area contributed by atoms with E-state index in [2.05, 4.69) is 5.16 Å². The maximum absolute atomic E-state index is 13.3. The van der Waals surface area contributed by atoms with Crippen molar-refractivity contribution >= 4 is 17.6 Å². The van der Waals surface area contributed by atoms with Crippen molar-refractivity contribution in [3.63, 3.8) is 0 Å². The number of rotatable bonds is 9. The Bertz CT molecular complexity index is 1450. The molecule has 0 bridgehead atoms. The number of hydrogen-bond acceptors (Lipinski definition) is 6. The predicted octanol–water partition coefficient (Wildman–Crippen LogP) is 6.00. The molecule has 4 aromatic rings. The first kappa shape index (κ1) is 26.4. The van der Waals surface area contributed by atoms with Crippen LogP contribution >= 0.6 is 0 Å². The van der Waals surface area contributed by atoms with Gasteiger partial charge in [-0.15, -0.1) is 0 Å². The number of benzene rings is 3. The van der Waals surface area contributed by atoms with Crippen LogP contribution in [0, 0.1) is 6.92 Å². The molecule has 3 aromatic carbocycles. The fraction of sp³-hybridized carbons (Fsp3) is 0.281. The van der Waals surface area contributed by atoms with E-state index < -0.39 is 17.4 Å². The monoisotopic (exact) mass is 524 g/mol. The Balaban J connectivity index is 1.37. The van der Waals surface area contributed by atoms with Gasteiger partial charge in [0.05, 0.1) is 23.3 Å². The maximum atomic E-state index is 13.3. The topological polar surface area (TPSA) is 92.9 Å². The normalized spacial score (nSPS) is 14.5. The predicted molar refractivity (Wildman–Crippen MR) is 149 cm³/mol. The van der Waals surface area contributed by atoms with Gasteiger partial charge in [-0.25, -0.2) is 0 Å². The summed E-state index contributed by atoms with van der Waals surface area (Å²) >= 11 is 0. The first-order valence-corrected chi connectivity index (χ1v) is 13.3. The Kier molecular flexibility index (Phi) is 7.35. The van der Waals surface area contributed by atoms with Gasteiger partial charge in [0.25, 0.3) is 5.91 Å². The van der Waals surface area contributed by atoms with E-state index in [-0.39, 0.29) is 5.97 Å². The number of likely N-dealkylation sites (N-methyl/N-ethyl adjacent to an activating group) is 1. The van der Waals surface area contributed by atoms with E-state index in [4.69, 9.17) is 9.26 Å². The highest BCUT2D eigenvalue weighted by atomic mass is 16.5. The highest BCUT2D eigenvalue weighted by Gasteiger charge is 2.52. The third-order valence-electron chi connectivity index (χ3n) is 7.40. The van der Waals surface area contributed by atoms with Crippen molar-refractivity contribution in [2.75, 3.05) is 18.1 Å². The Morgan fingerprint density at radius 1 is 0.949 bits per heavy atom. The first-order chi connectivity index (χ1) is 18.9. The van der Waals surface area contributed by atoms with E-state index in [1.54, 1.807) is 11.8 Å². The number of aliphatic hydroxyl groups is 1. The minimum atomic E-state index is -1.42. The summed E-state index contributed by atoms with van der Waals surface area (Å²) in [5.74, 6) is -0.222. The summed E-state index contributed by atoms with van der Waals surface area (Å²) in [7, 11) is 0. The Morgan fingerprint density at radius 2 is 1.54 bits per heavy atom. The van der Waals surface area contributed by atoms with Crippen LogP contribution < -0.4 is 4.90 Å². The molecule has 1 aliphatic rings. The molecular formula is C32H32N2O5. The second kappa shape index (κ2) is 10.9. The van der Waals surface area contributed by atoms with Crippen molar-refractivity contribution < 1.29 is 24.0 Å². The molecule has 1 N–H and O–H groups in total. The highest BCUT2D eigenvalue weighted by molar-refractivity contribution is 5.98. The number of amides is 1. The highest BCUT2D eigenvalue weighted by Crippen LogP contribution is 2.49. The van der Waals surface area contributed by atoms with Gasteiger partial charge in [0, 0.05) is 17.8 Å². The fourth-order valence-corrected chi connectivity index (χ4v) is 5.05. The zero-order valence-corrected chi connectivity index (χ0v) is 22.4. The Hall–Kier alpha value is -4.23. The maximum Gasteiger partial charge on any atom is 0.316 e. The molecule has 0 radical (unpaired) electrons. The Labute approximate surface area is 228 Å². The van der Waals surface area contributed by atoms with Crippen molar-refractivity contribution in [3.8, 4) is 22.5 Å². The minimum Gasteiger partial charge on any atom is -0.465 e. The quantitative estimate of drug-likeness (QED) is 0.270. The van der Waals surface area contributed by atoms with Crippen molar-refractivity contribution in [2.24, 2.45) is 0 Å². The number of hydrogen-bond donors (Lipinski definition) is 1. The molecule has 7 heteroatoms. The molecule has 39 heavy (non-hydrogen) atoms. The first-order valence-electron chi connectivity index (χ1n) is 13.3. The molecule has 1 saturated carbocycles. The summed E-state index contributed by atoms with van der Waals surface area (Å²) in [6, 6.07) is 25.0. The van der Waals surface area contributed by atoms with Crippen LogP contribution in [0.4, 0.5) is 5.69 Å². The summed E-state index contributed by atoms with van der Waals surface area (Å²) in [4.78, 5) is 27.3. The molecule has 1 amide bonds. The van der Waals surface area contributed by atoms with E-state index in [0.29, 0.717) is 41.4 Å². The van der Waals surface area contributed by atoms with Gasteiger partial charge < -0.3 is 19.3 Å². The van der Waals surface area contributed by atoms with E-state index in [0.717, 1.165) is 29.5 Å². The van der Waals surface area contributed by atoms with Gasteiger partial charge in [0.15, 0.2) is 11.9 Å². The summed E-state index contributed by atoms with van der Waals surface area (Å²) in [6.07, 6.45) is 0.205. The molecule has 0 saturated heterocycles. The van der Waals surface area contributed by atoms with Crippen molar-refractivity contribution in [2.45, 2.75) is 45.1 Å². The molecule has 7 nitrogen and oxygen atoms in total. The van der Waals surface area contributed by atoms with Gasteiger partial charge >= 0.3 is 5.97 Å². The number of aromatic nitrogens is 1. The molecule has 1 aromatic heterocycles. The van der Waals surface area contributed by atoms with E-state index in [9.17, 15) is 14.7 Å².